The molecular formula is C13H7F4N. The monoisotopic (exact) mass is 253 g/mol. The van der Waals surface area contributed by atoms with E-state index in [0.29, 0.717) is 0 Å². The third-order valence-corrected chi connectivity index (χ3v) is 2.23. The molecule has 0 aliphatic carbocycles. The number of benzene rings is 2. The summed E-state index contributed by atoms with van der Waals surface area (Å²) in [6.07, 6.45) is 0.941. The van der Waals surface area contributed by atoms with Crippen molar-refractivity contribution in [2.45, 2.75) is 0 Å². The van der Waals surface area contributed by atoms with Crippen molar-refractivity contribution in [1.82, 2.24) is 0 Å². The van der Waals surface area contributed by atoms with Gasteiger partial charge in [0.2, 0.25) is 0 Å². The van der Waals surface area contributed by atoms with Gasteiger partial charge < -0.3 is 0 Å². The summed E-state index contributed by atoms with van der Waals surface area (Å²) in [6.45, 7) is 0. The zero-order chi connectivity index (χ0) is 13.1. The first-order chi connectivity index (χ1) is 8.58. The summed E-state index contributed by atoms with van der Waals surface area (Å²) in [7, 11) is 0. The van der Waals surface area contributed by atoms with Gasteiger partial charge in [-0.05, 0) is 30.3 Å². The Hall–Kier alpha value is -2.17. The first-order valence-corrected chi connectivity index (χ1v) is 5.01. The van der Waals surface area contributed by atoms with Gasteiger partial charge in [0, 0.05) is 11.8 Å². The Kier molecular flexibility index (Phi) is 3.41. The quantitative estimate of drug-likeness (QED) is 0.566. The molecule has 0 heterocycles. The third-order valence-electron chi connectivity index (χ3n) is 2.23. The molecule has 0 radical (unpaired) electrons. The summed E-state index contributed by atoms with van der Waals surface area (Å²) in [5.74, 6) is -3.52. The first-order valence-electron chi connectivity index (χ1n) is 5.01. The Labute approximate surface area is 100 Å². The number of hydrogen-bond acceptors (Lipinski definition) is 1. The van der Waals surface area contributed by atoms with Crippen LogP contribution in [0.25, 0.3) is 0 Å². The van der Waals surface area contributed by atoms with Gasteiger partial charge in [-0.2, -0.15) is 0 Å². The van der Waals surface area contributed by atoms with Crippen molar-refractivity contribution in [2.75, 3.05) is 0 Å². The van der Waals surface area contributed by atoms with Crippen molar-refractivity contribution in [3.8, 4) is 0 Å². The molecule has 0 spiro atoms. The first kappa shape index (κ1) is 12.3. The third kappa shape index (κ3) is 2.56. The minimum atomic E-state index is -1.13. The Balaban J connectivity index is 2.36. The van der Waals surface area contributed by atoms with E-state index in [4.69, 9.17) is 0 Å². The predicted molar refractivity (Wildman–Crippen MR) is 60.0 cm³/mol. The fourth-order valence-electron chi connectivity index (χ4n) is 1.34. The van der Waals surface area contributed by atoms with Crippen molar-refractivity contribution in [3.05, 3.63) is 65.2 Å². The Morgan fingerprint density at radius 1 is 0.889 bits per heavy atom. The summed E-state index contributed by atoms with van der Waals surface area (Å²) in [5, 5.41) is 0. The van der Waals surface area contributed by atoms with Crippen LogP contribution in [0.3, 0.4) is 0 Å². The highest BCUT2D eigenvalue weighted by molar-refractivity contribution is 5.82. The van der Waals surface area contributed by atoms with Crippen LogP contribution in [0, 0.1) is 23.3 Å². The number of nitrogens with zero attached hydrogens (tertiary/aromatic N) is 1. The summed E-state index contributed by atoms with van der Waals surface area (Å²) in [6, 6.07) is 6.24. The molecule has 92 valence electrons. The van der Waals surface area contributed by atoms with Gasteiger partial charge in [-0.3, -0.25) is 4.99 Å². The van der Waals surface area contributed by atoms with Gasteiger partial charge in [0.15, 0.2) is 11.6 Å². The lowest BCUT2D eigenvalue weighted by Gasteiger charge is -1.99. The van der Waals surface area contributed by atoms with Crippen molar-refractivity contribution >= 4 is 11.9 Å². The van der Waals surface area contributed by atoms with Crippen LogP contribution in [0.5, 0.6) is 0 Å². The largest absolute Gasteiger partial charge is 0.253 e. The summed E-state index contributed by atoms with van der Waals surface area (Å²) in [5.41, 5.74) is -0.419. The molecule has 0 aromatic heterocycles. The molecule has 0 saturated heterocycles. The van der Waals surface area contributed by atoms with Gasteiger partial charge in [0.1, 0.15) is 17.3 Å². The Bertz CT molecular complexity index is 604. The van der Waals surface area contributed by atoms with Gasteiger partial charge in [0.05, 0.1) is 0 Å². The smallest absolute Gasteiger partial charge is 0.184 e. The molecular weight excluding hydrogens is 246 g/mol. The minimum Gasteiger partial charge on any atom is -0.253 e. The molecule has 0 bridgehead atoms. The number of hydrogen-bond donors (Lipinski definition) is 0. The van der Waals surface area contributed by atoms with E-state index in [2.05, 4.69) is 4.99 Å². The molecule has 5 heteroatoms. The molecule has 0 saturated carbocycles. The molecule has 0 aliphatic rings. The summed E-state index contributed by atoms with van der Waals surface area (Å²) >= 11 is 0. The van der Waals surface area contributed by atoms with Gasteiger partial charge in [-0.15, -0.1) is 0 Å². The van der Waals surface area contributed by atoms with Crippen LogP contribution in [0.2, 0.25) is 0 Å². The van der Waals surface area contributed by atoms with Gasteiger partial charge >= 0.3 is 0 Å². The number of halogens is 4. The maximum absolute atomic E-state index is 13.2. The molecule has 0 amide bonds. The Morgan fingerprint density at radius 3 is 2.44 bits per heavy atom. The van der Waals surface area contributed by atoms with Crippen molar-refractivity contribution in [2.24, 2.45) is 4.99 Å². The maximum atomic E-state index is 13.2. The van der Waals surface area contributed by atoms with Crippen molar-refractivity contribution < 1.29 is 17.6 Å². The average molecular weight is 253 g/mol. The molecule has 0 aliphatic heterocycles. The lowest BCUT2D eigenvalue weighted by atomic mass is 10.2. The molecule has 0 unspecified atom stereocenters. The van der Waals surface area contributed by atoms with Gasteiger partial charge in [0.25, 0.3) is 0 Å². The molecule has 0 atom stereocenters. The zero-order valence-corrected chi connectivity index (χ0v) is 9.00. The van der Waals surface area contributed by atoms with E-state index in [-0.39, 0.29) is 11.3 Å². The normalized spacial score (nSPS) is 11.1. The van der Waals surface area contributed by atoms with E-state index in [1.165, 1.54) is 12.1 Å². The van der Waals surface area contributed by atoms with Crippen LogP contribution in [0.1, 0.15) is 5.56 Å². The second-order valence-corrected chi connectivity index (χ2v) is 3.50. The van der Waals surface area contributed by atoms with Crippen molar-refractivity contribution in [3.63, 3.8) is 0 Å². The number of aliphatic imine (C=N–C) groups is 1. The highest BCUT2D eigenvalue weighted by atomic mass is 19.2. The van der Waals surface area contributed by atoms with E-state index < -0.39 is 23.3 Å². The predicted octanol–water partition coefficient (Wildman–Crippen LogP) is 3.99. The molecule has 1 nitrogen and oxygen atoms in total. The lowest BCUT2D eigenvalue weighted by molar-refractivity contribution is 0.510. The standard InChI is InChI=1S/C13H7F4N/c14-9-4-5-10(15)8(6-9)7-18-12-3-1-2-11(16)13(12)17/h1-7H. The highest BCUT2D eigenvalue weighted by Crippen LogP contribution is 2.20. The van der Waals surface area contributed by atoms with Crippen molar-refractivity contribution in [1.29, 1.82) is 0 Å². The van der Waals surface area contributed by atoms with Gasteiger partial charge in [-0.25, -0.2) is 17.6 Å². The van der Waals surface area contributed by atoms with E-state index in [1.54, 1.807) is 0 Å². The second kappa shape index (κ2) is 5.00. The van der Waals surface area contributed by atoms with Crippen LogP contribution in [0.15, 0.2) is 41.4 Å². The minimum absolute atomic E-state index is 0.140. The SMILES string of the molecule is Fc1ccc(F)c(C=Nc2cccc(F)c2F)c1. The molecule has 0 fully saturated rings. The molecule has 18 heavy (non-hydrogen) atoms. The Morgan fingerprint density at radius 2 is 1.67 bits per heavy atom. The molecule has 2 rings (SSSR count). The van der Waals surface area contributed by atoms with Crippen LogP contribution >= 0.6 is 0 Å². The van der Waals surface area contributed by atoms with Crippen LogP contribution in [-0.2, 0) is 0 Å². The van der Waals surface area contributed by atoms with Crippen LogP contribution < -0.4 is 0 Å². The van der Waals surface area contributed by atoms with E-state index in [1.807, 2.05) is 0 Å². The topological polar surface area (TPSA) is 12.4 Å². The fourth-order valence-corrected chi connectivity index (χ4v) is 1.34. The van der Waals surface area contributed by atoms with E-state index in [0.717, 1.165) is 30.5 Å². The van der Waals surface area contributed by atoms with E-state index >= 15 is 0 Å². The second-order valence-electron chi connectivity index (χ2n) is 3.50. The molecule has 0 N–H and O–H groups in total. The summed E-state index contributed by atoms with van der Waals surface area (Å²) in [4.78, 5) is 3.59. The zero-order valence-electron chi connectivity index (χ0n) is 9.00. The number of rotatable bonds is 2. The lowest BCUT2D eigenvalue weighted by Crippen LogP contribution is -1.90. The van der Waals surface area contributed by atoms with Crippen LogP contribution in [-0.4, -0.2) is 6.21 Å². The van der Waals surface area contributed by atoms with Gasteiger partial charge in [-0.1, -0.05) is 6.07 Å². The van der Waals surface area contributed by atoms with Crippen LogP contribution in [0.4, 0.5) is 23.2 Å². The van der Waals surface area contributed by atoms with E-state index in [9.17, 15) is 17.6 Å². The fraction of sp³-hybridized carbons (Fsp3) is 0. The maximum Gasteiger partial charge on any atom is 0.184 e. The average Bonchev–Trinajstić information content (AvgIpc) is 2.35. The highest BCUT2D eigenvalue weighted by Gasteiger charge is 2.06. The molecule has 2 aromatic rings. The molecule has 2 aromatic carbocycles. The summed E-state index contributed by atoms with van der Waals surface area (Å²) < 4.78 is 52.2.